The van der Waals surface area contributed by atoms with E-state index in [1.165, 1.54) is 11.3 Å². The molecule has 78 valence electrons. The maximum atomic E-state index is 11.5. The predicted molar refractivity (Wildman–Crippen MR) is 62.2 cm³/mol. The van der Waals surface area contributed by atoms with Crippen molar-refractivity contribution in [2.75, 3.05) is 11.9 Å². The van der Waals surface area contributed by atoms with Gasteiger partial charge in [0.05, 0.1) is 11.2 Å². The van der Waals surface area contributed by atoms with Gasteiger partial charge in [0.15, 0.2) is 0 Å². The Kier molecular flexibility index (Phi) is 5.11. The number of thiazole rings is 1. The second-order valence-corrected chi connectivity index (χ2v) is 4.92. The molecule has 0 saturated carbocycles. The van der Waals surface area contributed by atoms with Crippen LogP contribution in [0.3, 0.4) is 0 Å². The summed E-state index contributed by atoms with van der Waals surface area (Å²) in [7, 11) is 0. The minimum Gasteiger partial charge on any atom is -0.351 e. The molecule has 14 heavy (non-hydrogen) atoms. The highest BCUT2D eigenvalue weighted by Crippen LogP contribution is 2.10. The third kappa shape index (κ3) is 3.75. The van der Waals surface area contributed by atoms with E-state index in [0.717, 1.165) is 29.7 Å². The molecule has 0 bridgehead atoms. The van der Waals surface area contributed by atoms with Gasteiger partial charge in [0, 0.05) is 11.9 Å². The summed E-state index contributed by atoms with van der Waals surface area (Å²) in [6, 6.07) is 0. The first-order chi connectivity index (χ1) is 6.74. The second-order valence-electron chi connectivity index (χ2n) is 2.90. The van der Waals surface area contributed by atoms with Crippen LogP contribution >= 0.6 is 27.3 Å². The van der Waals surface area contributed by atoms with E-state index in [2.05, 4.69) is 26.2 Å². The van der Waals surface area contributed by atoms with E-state index in [1.54, 1.807) is 6.20 Å². The smallest absolute Gasteiger partial charge is 0.263 e. The van der Waals surface area contributed by atoms with Crippen molar-refractivity contribution >= 4 is 33.2 Å². The lowest BCUT2D eigenvalue weighted by Crippen LogP contribution is -2.23. The third-order valence-corrected chi connectivity index (χ3v) is 3.16. The normalized spacial score (nSPS) is 10.1. The van der Waals surface area contributed by atoms with Crippen LogP contribution in [0, 0.1) is 6.92 Å². The minimum atomic E-state index is -0.00910. The van der Waals surface area contributed by atoms with E-state index < -0.39 is 0 Å². The zero-order chi connectivity index (χ0) is 10.4. The van der Waals surface area contributed by atoms with Crippen molar-refractivity contribution in [3.63, 3.8) is 0 Å². The number of aromatic nitrogens is 1. The molecule has 0 aromatic carbocycles. The Morgan fingerprint density at radius 3 is 3.00 bits per heavy atom. The van der Waals surface area contributed by atoms with Crippen LogP contribution in [0.1, 0.15) is 27.5 Å². The average Bonchev–Trinajstić information content (AvgIpc) is 2.59. The first kappa shape index (κ1) is 11.7. The van der Waals surface area contributed by atoms with Crippen LogP contribution in [0.5, 0.6) is 0 Å². The number of hydrogen-bond donors (Lipinski definition) is 1. The van der Waals surface area contributed by atoms with Crippen molar-refractivity contribution < 1.29 is 4.79 Å². The summed E-state index contributed by atoms with van der Waals surface area (Å²) in [5.74, 6) is -0.00910. The quantitative estimate of drug-likeness (QED) is 0.663. The molecule has 0 atom stereocenters. The second kappa shape index (κ2) is 6.14. The number of alkyl halides is 1. The van der Waals surface area contributed by atoms with E-state index in [-0.39, 0.29) is 5.91 Å². The Hall–Kier alpha value is -0.420. The number of carbonyl (C=O) groups excluding carboxylic acids is 1. The lowest BCUT2D eigenvalue weighted by Gasteiger charge is -2.00. The van der Waals surface area contributed by atoms with Crippen molar-refractivity contribution in [3.05, 3.63) is 16.1 Å². The summed E-state index contributed by atoms with van der Waals surface area (Å²) in [4.78, 5) is 16.2. The Morgan fingerprint density at radius 2 is 2.43 bits per heavy atom. The first-order valence-corrected chi connectivity index (χ1v) is 6.44. The number of rotatable bonds is 5. The van der Waals surface area contributed by atoms with Crippen LogP contribution in [-0.4, -0.2) is 22.8 Å². The molecule has 1 aromatic rings. The van der Waals surface area contributed by atoms with Gasteiger partial charge in [-0.15, -0.1) is 11.3 Å². The van der Waals surface area contributed by atoms with Crippen LogP contribution < -0.4 is 5.32 Å². The number of amides is 1. The highest BCUT2D eigenvalue weighted by atomic mass is 79.9. The summed E-state index contributed by atoms with van der Waals surface area (Å²) in [5.41, 5.74) is 0. The van der Waals surface area contributed by atoms with Crippen LogP contribution in [0.15, 0.2) is 6.20 Å². The van der Waals surface area contributed by atoms with Gasteiger partial charge >= 0.3 is 0 Å². The average molecular weight is 277 g/mol. The molecular weight excluding hydrogens is 264 g/mol. The molecule has 0 aliphatic rings. The summed E-state index contributed by atoms with van der Waals surface area (Å²) in [6.45, 7) is 2.63. The van der Waals surface area contributed by atoms with Crippen molar-refractivity contribution in [2.45, 2.75) is 19.8 Å². The van der Waals surface area contributed by atoms with Crippen LogP contribution in [0.4, 0.5) is 0 Å². The van der Waals surface area contributed by atoms with Crippen LogP contribution in [-0.2, 0) is 0 Å². The molecule has 1 rings (SSSR count). The fourth-order valence-corrected chi connectivity index (χ4v) is 2.07. The van der Waals surface area contributed by atoms with Gasteiger partial charge in [-0.3, -0.25) is 4.79 Å². The lowest BCUT2D eigenvalue weighted by molar-refractivity contribution is 0.0957. The Morgan fingerprint density at radius 1 is 1.64 bits per heavy atom. The fraction of sp³-hybridized carbons (Fsp3) is 0.556. The zero-order valence-electron chi connectivity index (χ0n) is 8.05. The van der Waals surface area contributed by atoms with Gasteiger partial charge in [0.2, 0.25) is 0 Å². The molecule has 0 fully saturated rings. The highest BCUT2D eigenvalue weighted by molar-refractivity contribution is 9.09. The number of aryl methyl sites for hydroxylation is 1. The van der Waals surface area contributed by atoms with Gasteiger partial charge < -0.3 is 5.32 Å². The number of unbranched alkanes of at least 4 members (excludes halogenated alkanes) is 1. The minimum absolute atomic E-state index is 0.00910. The molecule has 0 spiro atoms. The number of halogens is 1. The van der Waals surface area contributed by atoms with E-state index in [4.69, 9.17) is 0 Å². The standard InChI is InChI=1S/C9H13BrN2OS/c1-7-12-6-8(14-7)9(13)11-5-3-2-4-10/h6H,2-5H2,1H3,(H,11,13). The lowest BCUT2D eigenvalue weighted by atomic mass is 10.3. The largest absolute Gasteiger partial charge is 0.351 e. The molecule has 0 radical (unpaired) electrons. The van der Waals surface area contributed by atoms with E-state index in [0.29, 0.717) is 4.88 Å². The molecule has 0 aliphatic heterocycles. The van der Waals surface area contributed by atoms with Crippen molar-refractivity contribution in [3.8, 4) is 0 Å². The molecule has 1 heterocycles. The Balaban J connectivity index is 2.29. The Bertz CT molecular complexity index is 301. The third-order valence-electron chi connectivity index (χ3n) is 1.69. The van der Waals surface area contributed by atoms with Gasteiger partial charge in [-0.05, 0) is 19.8 Å². The van der Waals surface area contributed by atoms with Crippen molar-refractivity contribution in [2.24, 2.45) is 0 Å². The van der Waals surface area contributed by atoms with Crippen LogP contribution in [0.25, 0.3) is 0 Å². The number of carbonyl (C=O) groups is 1. The monoisotopic (exact) mass is 276 g/mol. The molecule has 1 amide bonds. The molecule has 5 heteroatoms. The predicted octanol–water partition coefficient (Wildman–Crippen LogP) is 2.36. The summed E-state index contributed by atoms with van der Waals surface area (Å²) < 4.78 is 0. The van der Waals surface area contributed by atoms with Crippen molar-refractivity contribution in [1.82, 2.24) is 10.3 Å². The fourth-order valence-electron chi connectivity index (χ4n) is 0.975. The van der Waals surface area contributed by atoms with Gasteiger partial charge in [-0.2, -0.15) is 0 Å². The highest BCUT2D eigenvalue weighted by Gasteiger charge is 2.07. The SMILES string of the molecule is Cc1ncc(C(=O)NCCCCBr)s1. The number of nitrogens with one attached hydrogen (secondary N) is 1. The van der Waals surface area contributed by atoms with Gasteiger partial charge in [-0.25, -0.2) is 4.98 Å². The molecule has 0 saturated heterocycles. The molecule has 3 nitrogen and oxygen atoms in total. The topological polar surface area (TPSA) is 42.0 Å². The number of hydrogen-bond acceptors (Lipinski definition) is 3. The summed E-state index contributed by atoms with van der Waals surface area (Å²) in [5, 5.41) is 4.77. The number of nitrogens with zero attached hydrogens (tertiary/aromatic N) is 1. The summed E-state index contributed by atoms with van der Waals surface area (Å²) in [6.07, 6.45) is 3.72. The van der Waals surface area contributed by atoms with E-state index in [1.807, 2.05) is 6.92 Å². The van der Waals surface area contributed by atoms with E-state index in [9.17, 15) is 4.79 Å². The molecule has 1 aromatic heterocycles. The van der Waals surface area contributed by atoms with Gasteiger partial charge in [0.1, 0.15) is 4.88 Å². The molecule has 0 aliphatic carbocycles. The summed E-state index contributed by atoms with van der Waals surface area (Å²) >= 11 is 4.77. The van der Waals surface area contributed by atoms with Gasteiger partial charge in [-0.1, -0.05) is 15.9 Å². The van der Waals surface area contributed by atoms with Crippen molar-refractivity contribution in [1.29, 1.82) is 0 Å². The first-order valence-electron chi connectivity index (χ1n) is 4.50. The van der Waals surface area contributed by atoms with Crippen LogP contribution in [0.2, 0.25) is 0 Å². The van der Waals surface area contributed by atoms with Gasteiger partial charge in [0.25, 0.3) is 5.91 Å². The molecular formula is C9H13BrN2OS. The Labute approximate surface area is 96.1 Å². The van der Waals surface area contributed by atoms with E-state index >= 15 is 0 Å². The maximum absolute atomic E-state index is 11.5. The molecule has 1 N–H and O–H groups in total. The zero-order valence-corrected chi connectivity index (χ0v) is 10.4. The molecule has 0 unspecified atom stereocenters. The maximum Gasteiger partial charge on any atom is 0.263 e.